The minimum atomic E-state index is 0.202. The number of benzene rings is 1. The molecule has 92 valence electrons. The van der Waals surface area contributed by atoms with Crippen molar-refractivity contribution < 1.29 is 0 Å². The van der Waals surface area contributed by atoms with Crippen LogP contribution in [-0.4, -0.2) is 16.3 Å². The van der Waals surface area contributed by atoms with Gasteiger partial charge in [0.05, 0.1) is 5.69 Å². The van der Waals surface area contributed by atoms with E-state index in [1.165, 1.54) is 36.3 Å². The van der Waals surface area contributed by atoms with Crippen molar-refractivity contribution in [3.8, 4) is 0 Å². The monoisotopic (exact) mass is 239 g/mol. The van der Waals surface area contributed by atoms with Crippen molar-refractivity contribution in [2.24, 2.45) is 0 Å². The maximum atomic E-state index is 4.82. The lowest BCUT2D eigenvalue weighted by molar-refractivity contribution is 0.556. The Morgan fingerprint density at radius 3 is 2.72 bits per heavy atom. The fourth-order valence-corrected chi connectivity index (χ4v) is 2.98. The lowest BCUT2D eigenvalue weighted by Crippen LogP contribution is -2.17. The Kier molecular flexibility index (Phi) is 2.04. The summed E-state index contributed by atoms with van der Waals surface area (Å²) in [5, 5.41) is 8.25. The fraction of sp³-hybridized carbons (Fsp3) is 0.400. The minimum Gasteiger partial charge on any atom is -0.370 e. The first-order valence-corrected chi connectivity index (χ1v) is 6.76. The van der Waals surface area contributed by atoms with Crippen LogP contribution in [0.1, 0.15) is 30.5 Å². The van der Waals surface area contributed by atoms with Gasteiger partial charge in [-0.1, -0.05) is 30.3 Å². The lowest BCUT2D eigenvalue weighted by atomic mass is 9.92. The molecule has 0 spiro atoms. The molecular formula is C15H17N3. The summed E-state index contributed by atoms with van der Waals surface area (Å²) in [5.41, 5.74) is 2.87. The summed E-state index contributed by atoms with van der Waals surface area (Å²) in [5.74, 6) is 1.19. The third kappa shape index (κ3) is 1.40. The summed E-state index contributed by atoms with van der Waals surface area (Å²) in [6, 6.07) is 13.1. The molecule has 1 aliphatic carbocycles. The van der Waals surface area contributed by atoms with E-state index in [4.69, 9.17) is 5.10 Å². The summed E-state index contributed by atoms with van der Waals surface area (Å²) in [4.78, 5) is 0. The predicted octanol–water partition coefficient (Wildman–Crippen LogP) is 2.78. The van der Waals surface area contributed by atoms with Crippen LogP contribution in [0.2, 0.25) is 0 Å². The molecule has 1 fully saturated rings. The van der Waals surface area contributed by atoms with Crippen LogP contribution in [0.15, 0.2) is 36.4 Å². The molecule has 0 amide bonds. The topological polar surface area (TPSA) is 29.9 Å². The second-order valence-corrected chi connectivity index (χ2v) is 5.37. The smallest absolute Gasteiger partial charge is 0.124 e. The van der Waals surface area contributed by atoms with E-state index in [9.17, 15) is 0 Å². The van der Waals surface area contributed by atoms with Gasteiger partial charge in [-0.2, -0.15) is 5.10 Å². The Bertz CT molecular complexity index is 543. The molecule has 1 aromatic heterocycles. The van der Waals surface area contributed by atoms with Gasteiger partial charge < -0.3 is 5.32 Å². The molecule has 0 atom stereocenters. The van der Waals surface area contributed by atoms with Gasteiger partial charge in [0.15, 0.2) is 0 Å². The molecule has 0 unspecified atom stereocenters. The van der Waals surface area contributed by atoms with Crippen molar-refractivity contribution >= 4 is 5.82 Å². The third-order valence-corrected chi connectivity index (χ3v) is 4.20. The van der Waals surface area contributed by atoms with Crippen LogP contribution in [0.3, 0.4) is 0 Å². The summed E-state index contributed by atoms with van der Waals surface area (Å²) in [6.45, 7) is 2.12. The summed E-state index contributed by atoms with van der Waals surface area (Å²) >= 11 is 0. The molecule has 0 saturated heterocycles. The van der Waals surface area contributed by atoms with Gasteiger partial charge in [0.1, 0.15) is 5.82 Å². The van der Waals surface area contributed by atoms with Gasteiger partial charge in [-0.05, 0) is 24.8 Å². The van der Waals surface area contributed by atoms with Crippen LogP contribution >= 0.6 is 0 Å². The lowest BCUT2D eigenvalue weighted by Gasteiger charge is -2.14. The molecule has 4 rings (SSSR count). The van der Waals surface area contributed by atoms with Crippen molar-refractivity contribution in [1.29, 1.82) is 0 Å². The number of aromatic nitrogens is 2. The van der Waals surface area contributed by atoms with Crippen LogP contribution in [0.5, 0.6) is 0 Å². The van der Waals surface area contributed by atoms with Crippen molar-refractivity contribution in [1.82, 2.24) is 9.78 Å². The molecule has 2 aromatic rings. The average molecular weight is 239 g/mol. The Morgan fingerprint density at radius 1 is 1.17 bits per heavy atom. The van der Waals surface area contributed by atoms with E-state index in [2.05, 4.69) is 46.4 Å². The van der Waals surface area contributed by atoms with Gasteiger partial charge in [0.25, 0.3) is 0 Å². The highest BCUT2D eigenvalue weighted by molar-refractivity contribution is 5.48. The van der Waals surface area contributed by atoms with Crippen LogP contribution in [0, 0.1) is 0 Å². The first-order chi connectivity index (χ1) is 8.88. The van der Waals surface area contributed by atoms with E-state index in [1.807, 2.05) is 0 Å². The summed E-state index contributed by atoms with van der Waals surface area (Å²) < 4.78 is 2.13. The van der Waals surface area contributed by atoms with Crippen LogP contribution in [0.4, 0.5) is 5.82 Å². The molecule has 3 heteroatoms. The molecule has 1 saturated carbocycles. The highest BCUT2D eigenvalue weighted by Gasteiger charge is 2.48. The molecule has 18 heavy (non-hydrogen) atoms. The first kappa shape index (κ1) is 10.2. The zero-order valence-corrected chi connectivity index (χ0v) is 10.4. The fourth-order valence-electron chi connectivity index (χ4n) is 2.98. The van der Waals surface area contributed by atoms with Crippen LogP contribution in [-0.2, 0) is 12.0 Å². The van der Waals surface area contributed by atoms with Crippen molar-refractivity contribution in [2.45, 2.75) is 31.2 Å². The highest BCUT2D eigenvalue weighted by Crippen LogP contribution is 2.53. The van der Waals surface area contributed by atoms with E-state index in [-0.39, 0.29) is 5.41 Å². The first-order valence-electron chi connectivity index (χ1n) is 6.76. The van der Waals surface area contributed by atoms with Crippen molar-refractivity contribution in [2.75, 3.05) is 11.9 Å². The highest BCUT2D eigenvalue weighted by atomic mass is 15.3. The molecule has 0 bridgehead atoms. The number of nitrogens with zero attached hydrogens (tertiary/aromatic N) is 2. The second kappa shape index (κ2) is 3.61. The standard InChI is InChI=1S/C15H17N3/c1-2-5-12(6-3-1)15(7-8-15)13-11-14-16-9-4-10-18(14)17-13/h1-3,5-6,11,16H,4,7-10H2. The Hall–Kier alpha value is -1.77. The molecule has 1 aliphatic heterocycles. The summed E-state index contributed by atoms with van der Waals surface area (Å²) in [7, 11) is 0. The van der Waals surface area contributed by atoms with E-state index in [0.29, 0.717) is 0 Å². The van der Waals surface area contributed by atoms with E-state index >= 15 is 0 Å². The van der Waals surface area contributed by atoms with Crippen LogP contribution < -0.4 is 5.32 Å². The zero-order valence-electron chi connectivity index (χ0n) is 10.4. The van der Waals surface area contributed by atoms with Gasteiger partial charge in [-0.25, -0.2) is 4.68 Å². The molecule has 0 radical (unpaired) electrons. The van der Waals surface area contributed by atoms with E-state index < -0.39 is 0 Å². The van der Waals surface area contributed by atoms with Crippen molar-refractivity contribution in [3.63, 3.8) is 0 Å². The largest absolute Gasteiger partial charge is 0.370 e. The second-order valence-electron chi connectivity index (χ2n) is 5.37. The third-order valence-electron chi connectivity index (χ3n) is 4.20. The van der Waals surface area contributed by atoms with Crippen molar-refractivity contribution in [3.05, 3.63) is 47.7 Å². The van der Waals surface area contributed by atoms with Gasteiger partial charge >= 0.3 is 0 Å². The van der Waals surface area contributed by atoms with Gasteiger partial charge in [0.2, 0.25) is 0 Å². The number of nitrogens with one attached hydrogen (secondary N) is 1. The van der Waals surface area contributed by atoms with Crippen LogP contribution in [0.25, 0.3) is 0 Å². The average Bonchev–Trinajstić information content (AvgIpc) is 3.13. The molecule has 2 heterocycles. The molecular weight excluding hydrogens is 222 g/mol. The van der Waals surface area contributed by atoms with Gasteiger partial charge in [-0.15, -0.1) is 0 Å². The zero-order chi connectivity index (χ0) is 12.0. The quantitative estimate of drug-likeness (QED) is 0.873. The number of hydrogen-bond acceptors (Lipinski definition) is 2. The molecule has 2 aliphatic rings. The SMILES string of the molecule is c1ccc(C2(c3cc4n(n3)CCCN4)CC2)cc1. The van der Waals surface area contributed by atoms with Gasteiger partial charge in [0, 0.05) is 24.6 Å². The Labute approximate surface area is 107 Å². The van der Waals surface area contributed by atoms with E-state index in [1.54, 1.807) is 0 Å². The Balaban J connectivity index is 1.77. The van der Waals surface area contributed by atoms with E-state index in [0.717, 1.165) is 13.1 Å². The molecule has 3 nitrogen and oxygen atoms in total. The molecule has 1 N–H and O–H groups in total. The predicted molar refractivity (Wildman–Crippen MR) is 71.8 cm³/mol. The molecule has 1 aromatic carbocycles. The normalized spacial score (nSPS) is 20.0. The number of aryl methyl sites for hydroxylation is 1. The maximum absolute atomic E-state index is 4.82. The van der Waals surface area contributed by atoms with Gasteiger partial charge in [-0.3, -0.25) is 0 Å². The minimum absolute atomic E-state index is 0.202. The number of rotatable bonds is 2. The number of fused-ring (bicyclic) bond motifs is 1. The Morgan fingerprint density at radius 2 is 2.00 bits per heavy atom. The number of anilines is 1. The maximum Gasteiger partial charge on any atom is 0.124 e. The number of hydrogen-bond donors (Lipinski definition) is 1. The summed E-state index contributed by atoms with van der Waals surface area (Å²) in [6.07, 6.45) is 3.63.